The number of benzene rings is 1. The molecule has 0 N–H and O–H groups in total. The van der Waals surface area contributed by atoms with Crippen LogP contribution in [0.4, 0.5) is 0 Å². The van der Waals surface area contributed by atoms with E-state index in [4.69, 9.17) is 0 Å². The third kappa shape index (κ3) is 2.85. The highest BCUT2D eigenvalue weighted by Crippen LogP contribution is 2.15. The summed E-state index contributed by atoms with van der Waals surface area (Å²) in [6.07, 6.45) is 6.62. The highest BCUT2D eigenvalue weighted by Gasteiger charge is 2.12. The number of carbonyl (C=O) groups is 1. The smallest absolute Gasteiger partial charge is 0.259 e. The molecule has 0 aliphatic carbocycles. The number of nitrogens with zero attached hydrogens (tertiary/aromatic N) is 4. The van der Waals surface area contributed by atoms with Gasteiger partial charge in [0.05, 0.1) is 12.2 Å². The summed E-state index contributed by atoms with van der Waals surface area (Å²) < 4.78 is 3.12. The van der Waals surface area contributed by atoms with E-state index in [2.05, 4.69) is 9.97 Å². The lowest BCUT2D eigenvalue weighted by molar-refractivity contribution is 0.0973. The molecule has 0 aliphatic heterocycles. The summed E-state index contributed by atoms with van der Waals surface area (Å²) in [6, 6.07) is 14.1. The Hall–Kier alpha value is -3.54. The average Bonchev–Trinajstić information content (AvgIpc) is 3.06. The van der Waals surface area contributed by atoms with Crippen LogP contribution in [-0.2, 0) is 6.54 Å². The van der Waals surface area contributed by atoms with Crippen molar-refractivity contribution in [3.63, 3.8) is 0 Å². The van der Waals surface area contributed by atoms with E-state index in [0.717, 1.165) is 5.56 Å². The summed E-state index contributed by atoms with van der Waals surface area (Å²) in [5.74, 6) is 0.394. The molecule has 25 heavy (non-hydrogen) atoms. The Morgan fingerprint density at radius 3 is 2.52 bits per heavy atom. The lowest BCUT2D eigenvalue weighted by Gasteiger charge is -2.06. The van der Waals surface area contributed by atoms with Gasteiger partial charge in [-0.1, -0.05) is 30.3 Å². The van der Waals surface area contributed by atoms with Gasteiger partial charge in [0, 0.05) is 42.0 Å². The Kier molecular flexibility index (Phi) is 3.70. The molecule has 0 radical (unpaired) electrons. The van der Waals surface area contributed by atoms with Crippen molar-refractivity contribution in [1.29, 1.82) is 0 Å². The second-order valence-corrected chi connectivity index (χ2v) is 5.60. The maximum atomic E-state index is 12.5. The molecule has 0 atom stereocenters. The van der Waals surface area contributed by atoms with Gasteiger partial charge in [-0.15, -0.1) is 0 Å². The van der Waals surface area contributed by atoms with Crippen LogP contribution in [0.1, 0.15) is 10.4 Å². The first kappa shape index (κ1) is 15.0. The van der Waals surface area contributed by atoms with E-state index in [1.54, 1.807) is 53.6 Å². The molecule has 4 rings (SSSR count). The van der Waals surface area contributed by atoms with Crippen molar-refractivity contribution in [3.8, 4) is 11.3 Å². The van der Waals surface area contributed by atoms with E-state index < -0.39 is 0 Å². The zero-order valence-corrected chi connectivity index (χ0v) is 13.2. The molecule has 6 heteroatoms. The number of fused-ring (bicyclic) bond motifs is 1. The Morgan fingerprint density at radius 1 is 1.00 bits per heavy atom. The summed E-state index contributed by atoms with van der Waals surface area (Å²) in [7, 11) is 0. The van der Waals surface area contributed by atoms with Crippen molar-refractivity contribution in [2.75, 3.05) is 0 Å². The fourth-order valence-corrected chi connectivity index (χ4v) is 2.70. The number of hydrogen-bond donors (Lipinski definition) is 0. The molecule has 3 aromatic heterocycles. The predicted molar refractivity (Wildman–Crippen MR) is 93.5 cm³/mol. The second kappa shape index (κ2) is 6.16. The van der Waals surface area contributed by atoms with Gasteiger partial charge in [-0.3, -0.25) is 19.0 Å². The monoisotopic (exact) mass is 330 g/mol. The molecule has 0 unspecified atom stereocenters. The minimum atomic E-state index is -0.192. The minimum absolute atomic E-state index is 0.0396. The van der Waals surface area contributed by atoms with Gasteiger partial charge in [-0.25, -0.2) is 4.98 Å². The van der Waals surface area contributed by atoms with Crippen molar-refractivity contribution in [3.05, 3.63) is 89.2 Å². The van der Waals surface area contributed by atoms with Gasteiger partial charge in [0.25, 0.3) is 5.56 Å². The standard InChI is InChI=1S/C19H14N4O2/c24-17(15-4-2-1-3-5-15)13-22-10-11-23-18(25)12-16(21-19(22)23)14-6-8-20-9-7-14/h1-12H,13H2. The number of rotatable bonds is 4. The zero-order valence-electron chi connectivity index (χ0n) is 13.2. The van der Waals surface area contributed by atoms with Crippen molar-refractivity contribution in [2.45, 2.75) is 6.54 Å². The number of hydrogen-bond acceptors (Lipinski definition) is 4. The number of carbonyl (C=O) groups excluding carboxylic acids is 1. The molecular weight excluding hydrogens is 316 g/mol. The highest BCUT2D eigenvalue weighted by atomic mass is 16.1. The van der Waals surface area contributed by atoms with Gasteiger partial charge in [-0.05, 0) is 12.1 Å². The van der Waals surface area contributed by atoms with Gasteiger partial charge in [0.1, 0.15) is 0 Å². The van der Waals surface area contributed by atoms with E-state index >= 15 is 0 Å². The largest absolute Gasteiger partial charge is 0.309 e. The predicted octanol–water partition coefficient (Wildman–Crippen LogP) is 2.44. The summed E-state index contributed by atoms with van der Waals surface area (Å²) in [4.78, 5) is 33.3. The lowest BCUT2D eigenvalue weighted by Crippen LogP contribution is -2.16. The SMILES string of the molecule is O=C(Cn1ccn2c(=O)cc(-c3ccncc3)nc12)c1ccccc1. The molecule has 6 nitrogen and oxygen atoms in total. The van der Waals surface area contributed by atoms with Crippen LogP contribution < -0.4 is 5.56 Å². The summed E-state index contributed by atoms with van der Waals surface area (Å²) >= 11 is 0. The molecule has 0 aliphatic rings. The number of aromatic nitrogens is 4. The van der Waals surface area contributed by atoms with Crippen molar-refractivity contribution in [1.82, 2.24) is 18.9 Å². The first-order valence-corrected chi connectivity index (χ1v) is 7.79. The molecule has 4 aromatic rings. The highest BCUT2D eigenvalue weighted by molar-refractivity contribution is 5.96. The van der Waals surface area contributed by atoms with Gasteiger partial charge in [-0.2, -0.15) is 0 Å². The molecule has 0 fully saturated rings. The summed E-state index contributed by atoms with van der Waals surface area (Å²) in [5.41, 5.74) is 1.79. The Morgan fingerprint density at radius 2 is 1.76 bits per heavy atom. The molecule has 0 saturated carbocycles. The van der Waals surface area contributed by atoms with Crippen LogP contribution in [0.5, 0.6) is 0 Å². The van der Waals surface area contributed by atoms with Crippen molar-refractivity contribution >= 4 is 11.6 Å². The first-order chi connectivity index (χ1) is 12.2. The Balaban J connectivity index is 1.77. The molecule has 0 bridgehead atoms. The molecule has 1 aromatic carbocycles. The fourth-order valence-electron chi connectivity index (χ4n) is 2.70. The van der Waals surface area contributed by atoms with Crippen molar-refractivity contribution < 1.29 is 4.79 Å². The van der Waals surface area contributed by atoms with Gasteiger partial charge >= 0.3 is 0 Å². The van der Waals surface area contributed by atoms with Crippen LogP contribution in [0.25, 0.3) is 17.0 Å². The summed E-state index contributed by atoms with van der Waals surface area (Å²) in [5, 5.41) is 0. The average molecular weight is 330 g/mol. The number of pyridine rings is 1. The van der Waals surface area contributed by atoms with E-state index in [-0.39, 0.29) is 17.9 Å². The van der Waals surface area contributed by atoms with E-state index in [1.165, 1.54) is 10.5 Å². The molecule has 0 saturated heterocycles. The molecule has 122 valence electrons. The second-order valence-electron chi connectivity index (χ2n) is 5.60. The third-order valence-corrected chi connectivity index (χ3v) is 3.97. The van der Waals surface area contributed by atoms with Crippen LogP contribution in [0.3, 0.4) is 0 Å². The molecular formula is C19H14N4O2. The van der Waals surface area contributed by atoms with Crippen LogP contribution in [0, 0.1) is 0 Å². The number of Topliss-reactive ketones (excluding diaryl/α,β-unsaturated/α-hetero) is 1. The van der Waals surface area contributed by atoms with E-state index in [1.807, 2.05) is 18.2 Å². The van der Waals surface area contributed by atoms with Gasteiger partial charge in [0.2, 0.25) is 5.78 Å². The van der Waals surface area contributed by atoms with Crippen LogP contribution in [-0.4, -0.2) is 24.7 Å². The number of imidazole rings is 1. The zero-order chi connectivity index (χ0) is 17.2. The van der Waals surface area contributed by atoms with E-state index in [0.29, 0.717) is 17.0 Å². The van der Waals surface area contributed by atoms with Crippen LogP contribution in [0.15, 0.2) is 78.1 Å². The van der Waals surface area contributed by atoms with E-state index in [9.17, 15) is 9.59 Å². The molecule has 0 amide bonds. The first-order valence-electron chi connectivity index (χ1n) is 7.79. The third-order valence-electron chi connectivity index (χ3n) is 3.97. The minimum Gasteiger partial charge on any atom is -0.309 e. The van der Waals surface area contributed by atoms with Crippen LogP contribution >= 0.6 is 0 Å². The maximum Gasteiger partial charge on any atom is 0.259 e. The fraction of sp³-hybridized carbons (Fsp3) is 0.0526. The summed E-state index contributed by atoms with van der Waals surface area (Å²) in [6.45, 7) is 0.118. The maximum absolute atomic E-state index is 12.5. The molecule has 3 heterocycles. The Labute approximate surface area is 143 Å². The normalized spacial score (nSPS) is 10.9. The quantitative estimate of drug-likeness (QED) is 0.539. The Bertz CT molecular complexity index is 1100. The van der Waals surface area contributed by atoms with Crippen LogP contribution in [0.2, 0.25) is 0 Å². The number of ketones is 1. The lowest BCUT2D eigenvalue weighted by atomic mass is 10.1. The molecule has 0 spiro atoms. The van der Waals surface area contributed by atoms with Gasteiger partial charge in [0.15, 0.2) is 5.78 Å². The van der Waals surface area contributed by atoms with Gasteiger partial charge < -0.3 is 4.57 Å². The topological polar surface area (TPSA) is 69.3 Å². The van der Waals surface area contributed by atoms with Crippen molar-refractivity contribution in [2.24, 2.45) is 0 Å².